The van der Waals surface area contributed by atoms with Crippen LogP contribution in [0.15, 0.2) is 30.5 Å². The predicted molar refractivity (Wildman–Crippen MR) is 115 cm³/mol. The van der Waals surface area contributed by atoms with Gasteiger partial charge < -0.3 is 20.4 Å². The van der Waals surface area contributed by atoms with Gasteiger partial charge in [0.25, 0.3) is 0 Å². The molecule has 3 N–H and O–H groups in total. The number of alkyl carbamates (subject to hydrolysis) is 1. The molecular weight excluding hydrogens is 366 g/mol. The van der Waals surface area contributed by atoms with Gasteiger partial charge in [0.2, 0.25) is 5.91 Å². The zero-order valence-corrected chi connectivity index (χ0v) is 17.7. The second-order valence-corrected chi connectivity index (χ2v) is 8.63. The van der Waals surface area contributed by atoms with Crippen LogP contribution in [0.4, 0.5) is 4.79 Å². The summed E-state index contributed by atoms with van der Waals surface area (Å²) in [5.74, 6) is 0.551. The van der Waals surface area contributed by atoms with Crippen LogP contribution in [0, 0.1) is 11.8 Å². The summed E-state index contributed by atoms with van der Waals surface area (Å²) < 4.78 is 5.26. The lowest BCUT2D eigenvalue weighted by molar-refractivity contribution is -0.124. The molecule has 158 valence electrons. The first-order valence-corrected chi connectivity index (χ1v) is 10.7. The molecule has 0 bridgehead atoms. The molecule has 6 nitrogen and oxygen atoms in total. The lowest BCUT2D eigenvalue weighted by atomic mass is 9.85. The quantitative estimate of drug-likeness (QED) is 0.654. The van der Waals surface area contributed by atoms with E-state index in [-0.39, 0.29) is 17.9 Å². The largest absolute Gasteiger partial charge is 0.449 e. The Labute approximate surface area is 172 Å². The van der Waals surface area contributed by atoms with Crippen LogP contribution in [0.25, 0.3) is 10.9 Å². The molecule has 2 aromatic rings. The number of carbonyl (C=O) groups excluding carboxylic acids is 2. The van der Waals surface area contributed by atoms with Crippen molar-refractivity contribution < 1.29 is 14.3 Å². The summed E-state index contributed by atoms with van der Waals surface area (Å²) in [6.45, 7) is 6.47. The Balaban J connectivity index is 1.73. The minimum absolute atomic E-state index is 0.143. The maximum absolute atomic E-state index is 13.1. The van der Waals surface area contributed by atoms with Crippen LogP contribution >= 0.6 is 0 Å². The average molecular weight is 400 g/mol. The lowest BCUT2D eigenvalue weighted by Gasteiger charge is -2.31. The zero-order valence-electron chi connectivity index (χ0n) is 17.7. The second kappa shape index (κ2) is 9.81. The monoisotopic (exact) mass is 399 g/mol. The molecule has 0 unspecified atom stereocenters. The van der Waals surface area contributed by atoms with E-state index in [1.54, 1.807) is 0 Å². The summed E-state index contributed by atoms with van der Waals surface area (Å²) in [5.41, 5.74) is 2.02. The summed E-state index contributed by atoms with van der Waals surface area (Å²) >= 11 is 0. The van der Waals surface area contributed by atoms with Gasteiger partial charge in [-0.3, -0.25) is 4.79 Å². The normalized spacial score (nSPS) is 20.4. The molecule has 1 aromatic carbocycles. The molecule has 3 atom stereocenters. The van der Waals surface area contributed by atoms with E-state index in [0.29, 0.717) is 18.9 Å². The van der Waals surface area contributed by atoms with Crippen molar-refractivity contribution in [2.24, 2.45) is 11.8 Å². The minimum atomic E-state index is -0.678. The highest BCUT2D eigenvalue weighted by Crippen LogP contribution is 2.24. The van der Waals surface area contributed by atoms with E-state index >= 15 is 0 Å². The summed E-state index contributed by atoms with van der Waals surface area (Å²) in [4.78, 5) is 28.6. The van der Waals surface area contributed by atoms with Crippen molar-refractivity contribution >= 4 is 22.9 Å². The number of para-hydroxylation sites is 1. The average Bonchev–Trinajstić information content (AvgIpc) is 3.10. The molecule has 1 aliphatic rings. The van der Waals surface area contributed by atoms with Crippen LogP contribution in [0.2, 0.25) is 0 Å². The van der Waals surface area contributed by atoms with Gasteiger partial charge in [0, 0.05) is 29.6 Å². The molecular formula is C23H33N3O3. The van der Waals surface area contributed by atoms with Crippen molar-refractivity contribution in [3.8, 4) is 0 Å². The van der Waals surface area contributed by atoms with E-state index in [9.17, 15) is 9.59 Å². The first kappa shape index (κ1) is 21.2. The molecule has 0 saturated heterocycles. The fourth-order valence-corrected chi connectivity index (χ4v) is 3.97. The summed E-state index contributed by atoms with van der Waals surface area (Å²) in [6.07, 6.45) is 6.24. The van der Waals surface area contributed by atoms with Gasteiger partial charge in [0.15, 0.2) is 0 Å². The van der Waals surface area contributed by atoms with Gasteiger partial charge in [-0.2, -0.15) is 0 Å². The molecule has 0 aliphatic heterocycles. The maximum Gasteiger partial charge on any atom is 0.407 e. The Morgan fingerprint density at radius 1 is 1.21 bits per heavy atom. The fraction of sp³-hybridized carbons (Fsp3) is 0.565. The Bertz CT molecular complexity index is 830. The minimum Gasteiger partial charge on any atom is -0.449 e. The molecule has 2 amide bonds. The van der Waals surface area contributed by atoms with E-state index in [2.05, 4.69) is 22.5 Å². The SMILES string of the molecule is CC(C)COC(=O)N[C@@H](Cc1c[nH]c2ccccc12)C(=O)N[C@@H]1CCCC[C@@H]1C. The van der Waals surface area contributed by atoms with E-state index in [4.69, 9.17) is 4.74 Å². The number of amides is 2. The van der Waals surface area contributed by atoms with Gasteiger partial charge in [-0.1, -0.05) is 51.8 Å². The standard InChI is InChI=1S/C23H33N3O3/c1-15(2)14-29-23(28)26-21(22(27)25-19-10-6-4-8-16(19)3)12-17-13-24-20-11-7-5-9-18(17)20/h5,7,9,11,13,15-16,19,21,24H,4,6,8,10,12,14H2,1-3H3,(H,25,27)(H,26,28)/t16-,19+,21-/m0/s1. The smallest absolute Gasteiger partial charge is 0.407 e. The number of hydrogen-bond acceptors (Lipinski definition) is 3. The molecule has 0 spiro atoms. The van der Waals surface area contributed by atoms with Gasteiger partial charge in [-0.15, -0.1) is 0 Å². The Morgan fingerprint density at radius 3 is 2.72 bits per heavy atom. The Hall–Kier alpha value is -2.50. The number of rotatable bonds is 7. The highest BCUT2D eigenvalue weighted by Gasteiger charge is 2.28. The molecule has 1 aliphatic carbocycles. The van der Waals surface area contributed by atoms with Crippen LogP contribution in [-0.2, 0) is 16.0 Å². The molecule has 0 radical (unpaired) electrons. The van der Waals surface area contributed by atoms with Crippen LogP contribution in [0.5, 0.6) is 0 Å². The van der Waals surface area contributed by atoms with Crippen LogP contribution in [-0.4, -0.2) is 35.7 Å². The number of hydrogen-bond donors (Lipinski definition) is 3. The van der Waals surface area contributed by atoms with Crippen molar-refractivity contribution in [3.05, 3.63) is 36.0 Å². The summed E-state index contributed by atoms with van der Waals surface area (Å²) in [6, 6.07) is 7.46. The third-order valence-electron chi connectivity index (χ3n) is 5.69. The molecule has 1 heterocycles. The molecule has 29 heavy (non-hydrogen) atoms. The number of nitrogens with one attached hydrogen (secondary N) is 3. The van der Waals surface area contributed by atoms with Gasteiger partial charge in [-0.05, 0) is 36.3 Å². The number of aromatic amines is 1. The summed E-state index contributed by atoms with van der Waals surface area (Å²) in [7, 11) is 0. The summed E-state index contributed by atoms with van der Waals surface area (Å²) in [5, 5.41) is 7.04. The zero-order chi connectivity index (χ0) is 20.8. The van der Waals surface area contributed by atoms with Crippen molar-refractivity contribution in [2.45, 2.75) is 65.0 Å². The first-order chi connectivity index (χ1) is 13.9. The molecule has 6 heteroatoms. The number of aromatic nitrogens is 1. The van der Waals surface area contributed by atoms with Crippen molar-refractivity contribution in [1.29, 1.82) is 0 Å². The van der Waals surface area contributed by atoms with E-state index in [0.717, 1.165) is 35.7 Å². The number of benzene rings is 1. The van der Waals surface area contributed by atoms with Crippen molar-refractivity contribution in [3.63, 3.8) is 0 Å². The third-order valence-corrected chi connectivity index (χ3v) is 5.69. The van der Waals surface area contributed by atoms with Crippen molar-refractivity contribution in [2.75, 3.05) is 6.61 Å². The maximum atomic E-state index is 13.1. The van der Waals surface area contributed by atoms with Gasteiger partial charge in [-0.25, -0.2) is 4.79 Å². The Morgan fingerprint density at radius 2 is 1.97 bits per heavy atom. The second-order valence-electron chi connectivity index (χ2n) is 8.63. The molecule has 1 saturated carbocycles. The topological polar surface area (TPSA) is 83.2 Å². The van der Waals surface area contributed by atoms with Gasteiger partial charge >= 0.3 is 6.09 Å². The van der Waals surface area contributed by atoms with E-state index < -0.39 is 12.1 Å². The third kappa shape index (κ3) is 5.75. The van der Waals surface area contributed by atoms with Crippen LogP contribution in [0.3, 0.4) is 0 Å². The highest BCUT2D eigenvalue weighted by molar-refractivity contribution is 5.88. The lowest BCUT2D eigenvalue weighted by Crippen LogP contribution is -2.52. The van der Waals surface area contributed by atoms with Gasteiger partial charge in [0.1, 0.15) is 6.04 Å². The van der Waals surface area contributed by atoms with Crippen molar-refractivity contribution in [1.82, 2.24) is 15.6 Å². The van der Waals surface area contributed by atoms with E-state index in [1.807, 2.05) is 44.3 Å². The molecule has 3 rings (SSSR count). The van der Waals surface area contributed by atoms with Crippen LogP contribution in [0.1, 0.15) is 52.0 Å². The highest BCUT2D eigenvalue weighted by atomic mass is 16.5. The van der Waals surface area contributed by atoms with Crippen LogP contribution < -0.4 is 10.6 Å². The molecule has 1 aromatic heterocycles. The number of carbonyl (C=O) groups is 2. The molecule has 1 fully saturated rings. The Kier molecular flexibility index (Phi) is 7.18. The number of H-pyrrole nitrogens is 1. The number of fused-ring (bicyclic) bond motifs is 1. The van der Waals surface area contributed by atoms with E-state index in [1.165, 1.54) is 6.42 Å². The first-order valence-electron chi connectivity index (χ1n) is 10.7. The van der Waals surface area contributed by atoms with Gasteiger partial charge in [0.05, 0.1) is 6.61 Å². The number of ether oxygens (including phenoxy) is 1. The fourth-order valence-electron chi connectivity index (χ4n) is 3.97. The predicted octanol–water partition coefficient (Wildman–Crippen LogP) is 4.16.